The number of hydrogen-bond acceptors (Lipinski definition) is 5. The molecule has 2 N–H and O–H groups in total. The number of aromatic nitrogens is 1. The van der Waals surface area contributed by atoms with Gasteiger partial charge in [0.25, 0.3) is 5.91 Å². The van der Waals surface area contributed by atoms with E-state index in [-0.39, 0.29) is 24.2 Å². The quantitative estimate of drug-likeness (QED) is 0.814. The molecular formula is C21H23N3O5. The number of nitrogens with one attached hydrogen (secondary N) is 1. The number of carboxylic acid groups (broad SMARTS) is 1. The lowest BCUT2D eigenvalue weighted by molar-refractivity contribution is -0.165. The summed E-state index contributed by atoms with van der Waals surface area (Å²) in [5, 5.41) is 14.0. The van der Waals surface area contributed by atoms with Gasteiger partial charge in [-0.25, -0.2) is 4.79 Å². The molecular weight excluding hydrogens is 374 g/mol. The standard InChI is InChI=1S/C21H23N3O5/c25-19(18-15-7-3-1-5-13(15)9-10-22-18)23-16-8-4-2-6-14-11-29-12-17(21(27)28)24(14)20(16)26/h1,3,5,7,9-10,14,16-17H,2,4,6,8,11-12H2,(H,23,25)(H,27,28)/t14-,16-,17-/m0/s1. The highest BCUT2D eigenvalue weighted by Crippen LogP contribution is 2.25. The summed E-state index contributed by atoms with van der Waals surface area (Å²) in [5.74, 6) is -1.89. The molecule has 0 bridgehead atoms. The Labute approximate surface area is 167 Å². The number of rotatable bonds is 3. The van der Waals surface area contributed by atoms with Gasteiger partial charge in [0.1, 0.15) is 11.7 Å². The monoisotopic (exact) mass is 397 g/mol. The highest BCUT2D eigenvalue weighted by molar-refractivity contribution is 6.06. The number of pyridine rings is 1. The van der Waals surface area contributed by atoms with Crippen molar-refractivity contribution < 1.29 is 24.2 Å². The smallest absolute Gasteiger partial charge is 0.328 e. The molecule has 2 fully saturated rings. The maximum atomic E-state index is 13.2. The molecule has 0 unspecified atom stereocenters. The van der Waals surface area contributed by atoms with Crippen molar-refractivity contribution in [3.63, 3.8) is 0 Å². The first-order chi connectivity index (χ1) is 14.1. The molecule has 1 aromatic carbocycles. The molecule has 3 heterocycles. The Balaban J connectivity index is 1.60. The van der Waals surface area contributed by atoms with Crippen LogP contribution in [-0.4, -0.2) is 64.1 Å². The first-order valence-electron chi connectivity index (χ1n) is 9.83. The maximum Gasteiger partial charge on any atom is 0.328 e. The van der Waals surface area contributed by atoms with E-state index in [0.717, 1.165) is 18.2 Å². The van der Waals surface area contributed by atoms with Crippen LogP contribution in [0.25, 0.3) is 10.8 Å². The van der Waals surface area contributed by atoms with Crippen LogP contribution in [0.1, 0.15) is 36.2 Å². The molecule has 4 rings (SSSR count). The molecule has 3 atom stereocenters. The van der Waals surface area contributed by atoms with Crippen LogP contribution >= 0.6 is 0 Å². The summed E-state index contributed by atoms with van der Waals surface area (Å²) < 4.78 is 5.42. The Morgan fingerprint density at radius 1 is 1.14 bits per heavy atom. The summed E-state index contributed by atoms with van der Waals surface area (Å²) in [6.07, 6.45) is 4.33. The summed E-state index contributed by atoms with van der Waals surface area (Å²) in [6.45, 7) is 0.282. The van der Waals surface area contributed by atoms with E-state index in [1.165, 1.54) is 4.90 Å². The third-order valence-electron chi connectivity index (χ3n) is 5.63. The number of hydrogen-bond donors (Lipinski definition) is 2. The Hall–Kier alpha value is -3.00. The van der Waals surface area contributed by atoms with Gasteiger partial charge < -0.3 is 20.1 Å². The SMILES string of the molecule is O=C(N[C@H]1CCCC[C@H]2COC[C@@H](C(=O)O)N2C1=O)c1nccc2ccccc12. The fourth-order valence-electron chi connectivity index (χ4n) is 4.17. The van der Waals surface area contributed by atoms with Crippen molar-refractivity contribution in [1.29, 1.82) is 0 Å². The molecule has 2 amide bonds. The van der Waals surface area contributed by atoms with Crippen molar-refractivity contribution in [3.8, 4) is 0 Å². The van der Waals surface area contributed by atoms with E-state index in [1.807, 2.05) is 30.3 Å². The predicted octanol–water partition coefficient (Wildman–Crippen LogP) is 1.59. The van der Waals surface area contributed by atoms with Crippen LogP contribution in [-0.2, 0) is 14.3 Å². The lowest BCUT2D eigenvalue weighted by atomic mass is 9.95. The molecule has 2 aromatic rings. The first kappa shape index (κ1) is 19.3. The normalized spacial score (nSPS) is 25.0. The highest BCUT2D eigenvalue weighted by atomic mass is 16.5. The van der Waals surface area contributed by atoms with Crippen LogP contribution in [0, 0.1) is 0 Å². The van der Waals surface area contributed by atoms with Crippen molar-refractivity contribution in [2.75, 3.05) is 13.2 Å². The lowest BCUT2D eigenvalue weighted by Crippen LogP contribution is -2.62. The minimum atomic E-state index is -1.09. The average molecular weight is 397 g/mol. The van der Waals surface area contributed by atoms with Crippen LogP contribution < -0.4 is 5.32 Å². The zero-order chi connectivity index (χ0) is 20.4. The van der Waals surface area contributed by atoms with E-state index in [2.05, 4.69) is 10.3 Å². The minimum absolute atomic E-state index is 0.0386. The van der Waals surface area contributed by atoms with Gasteiger partial charge >= 0.3 is 5.97 Å². The van der Waals surface area contributed by atoms with Crippen molar-refractivity contribution in [3.05, 3.63) is 42.2 Å². The summed E-state index contributed by atoms with van der Waals surface area (Å²) >= 11 is 0. The number of ether oxygens (including phenoxy) is 1. The molecule has 2 aliphatic rings. The summed E-state index contributed by atoms with van der Waals surface area (Å²) in [6, 6.07) is 7.14. The van der Waals surface area contributed by atoms with E-state index < -0.39 is 24.0 Å². The third-order valence-corrected chi connectivity index (χ3v) is 5.63. The zero-order valence-corrected chi connectivity index (χ0v) is 15.9. The van der Waals surface area contributed by atoms with E-state index >= 15 is 0 Å². The second kappa shape index (κ2) is 8.16. The van der Waals surface area contributed by atoms with Gasteiger partial charge in [-0.3, -0.25) is 14.6 Å². The molecule has 0 saturated carbocycles. The number of nitrogens with zero attached hydrogens (tertiary/aromatic N) is 2. The maximum absolute atomic E-state index is 13.2. The Kier molecular flexibility index (Phi) is 5.44. The largest absolute Gasteiger partial charge is 0.480 e. The molecule has 0 aliphatic carbocycles. The molecule has 1 aromatic heterocycles. The average Bonchev–Trinajstić information content (AvgIpc) is 2.73. The lowest BCUT2D eigenvalue weighted by Gasteiger charge is -2.43. The van der Waals surface area contributed by atoms with Crippen LogP contribution in [0.15, 0.2) is 36.5 Å². The molecule has 2 saturated heterocycles. The number of carbonyl (C=O) groups excluding carboxylic acids is 2. The molecule has 2 aliphatic heterocycles. The zero-order valence-electron chi connectivity index (χ0n) is 15.9. The van der Waals surface area contributed by atoms with Crippen LogP contribution in [0.2, 0.25) is 0 Å². The van der Waals surface area contributed by atoms with Gasteiger partial charge in [-0.15, -0.1) is 0 Å². The van der Waals surface area contributed by atoms with E-state index in [1.54, 1.807) is 6.20 Å². The van der Waals surface area contributed by atoms with Crippen molar-refractivity contribution in [2.24, 2.45) is 0 Å². The summed E-state index contributed by atoms with van der Waals surface area (Å²) in [5.41, 5.74) is 0.256. The van der Waals surface area contributed by atoms with Gasteiger partial charge in [0, 0.05) is 11.6 Å². The van der Waals surface area contributed by atoms with E-state index in [0.29, 0.717) is 24.8 Å². The summed E-state index contributed by atoms with van der Waals surface area (Å²) in [7, 11) is 0. The minimum Gasteiger partial charge on any atom is -0.480 e. The number of amides is 2. The van der Waals surface area contributed by atoms with Crippen LogP contribution in [0.5, 0.6) is 0 Å². The van der Waals surface area contributed by atoms with Gasteiger partial charge in [0.15, 0.2) is 6.04 Å². The number of carboxylic acids is 1. The first-order valence-corrected chi connectivity index (χ1v) is 9.83. The topological polar surface area (TPSA) is 109 Å². The number of morpholine rings is 1. The molecule has 29 heavy (non-hydrogen) atoms. The second-order valence-corrected chi connectivity index (χ2v) is 7.48. The van der Waals surface area contributed by atoms with Crippen LogP contribution in [0.3, 0.4) is 0 Å². The van der Waals surface area contributed by atoms with Crippen molar-refractivity contribution in [2.45, 2.75) is 43.8 Å². The molecule has 0 spiro atoms. The van der Waals surface area contributed by atoms with Gasteiger partial charge in [-0.2, -0.15) is 0 Å². The molecule has 8 nitrogen and oxygen atoms in total. The predicted molar refractivity (Wildman–Crippen MR) is 104 cm³/mol. The van der Waals surface area contributed by atoms with Gasteiger partial charge in [-0.05, 0) is 24.3 Å². The fourth-order valence-corrected chi connectivity index (χ4v) is 4.17. The number of benzene rings is 1. The molecule has 0 radical (unpaired) electrons. The van der Waals surface area contributed by atoms with Gasteiger partial charge in [0.05, 0.1) is 19.3 Å². The van der Waals surface area contributed by atoms with Gasteiger partial charge in [0.2, 0.25) is 5.91 Å². The summed E-state index contributed by atoms with van der Waals surface area (Å²) in [4.78, 5) is 43.5. The second-order valence-electron chi connectivity index (χ2n) is 7.48. The van der Waals surface area contributed by atoms with Crippen molar-refractivity contribution >= 4 is 28.6 Å². The van der Waals surface area contributed by atoms with Gasteiger partial charge in [-0.1, -0.05) is 37.1 Å². The van der Waals surface area contributed by atoms with E-state index in [9.17, 15) is 19.5 Å². The van der Waals surface area contributed by atoms with E-state index in [4.69, 9.17) is 4.74 Å². The fraction of sp³-hybridized carbons (Fsp3) is 0.429. The van der Waals surface area contributed by atoms with Crippen LogP contribution in [0.4, 0.5) is 0 Å². The number of carbonyl (C=O) groups is 3. The Bertz CT molecular complexity index is 942. The highest BCUT2D eigenvalue weighted by Gasteiger charge is 2.42. The Morgan fingerprint density at radius 2 is 1.93 bits per heavy atom. The molecule has 152 valence electrons. The third kappa shape index (κ3) is 3.80. The number of aliphatic carboxylic acids is 1. The Morgan fingerprint density at radius 3 is 2.76 bits per heavy atom. The van der Waals surface area contributed by atoms with Crippen molar-refractivity contribution in [1.82, 2.24) is 15.2 Å². The molecule has 8 heteroatoms. The number of fused-ring (bicyclic) bond motifs is 2.